The number of aromatic nitrogens is 4. The quantitative estimate of drug-likeness (QED) is 0.395. The van der Waals surface area contributed by atoms with Gasteiger partial charge < -0.3 is 19.6 Å². The van der Waals surface area contributed by atoms with Gasteiger partial charge in [-0.2, -0.15) is 0 Å². The lowest BCUT2D eigenvalue weighted by atomic mass is 10.0. The van der Waals surface area contributed by atoms with Crippen molar-refractivity contribution >= 4 is 11.6 Å². The Morgan fingerprint density at radius 1 is 1.26 bits per heavy atom. The van der Waals surface area contributed by atoms with Crippen LogP contribution in [0.15, 0.2) is 40.9 Å². The number of carbonyl (C=O) groups is 1. The van der Waals surface area contributed by atoms with Gasteiger partial charge in [-0.15, -0.1) is 10.2 Å². The van der Waals surface area contributed by atoms with E-state index in [4.69, 9.17) is 9.15 Å². The molecule has 1 atom stereocenters. The molecule has 9 nitrogen and oxygen atoms in total. The molecular formula is C24H23F2N5O4. The number of nitrogens with zero attached hydrogens (tertiary/aromatic N) is 4. The van der Waals surface area contributed by atoms with Crippen LogP contribution in [0.3, 0.4) is 0 Å². The smallest absolute Gasteiger partial charge is 0.271 e. The number of rotatable bonds is 8. The molecule has 4 aromatic rings. The summed E-state index contributed by atoms with van der Waals surface area (Å²) in [5.41, 5.74) is -0.639. The van der Waals surface area contributed by atoms with Crippen molar-refractivity contribution in [3.63, 3.8) is 0 Å². The topological polar surface area (TPSA) is 115 Å². The van der Waals surface area contributed by atoms with Crippen LogP contribution in [0.25, 0.3) is 5.65 Å². The Labute approximate surface area is 198 Å². The van der Waals surface area contributed by atoms with Crippen molar-refractivity contribution < 1.29 is 27.8 Å². The van der Waals surface area contributed by atoms with Crippen LogP contribution in [0.1, 0.15) is 59.2 Å². The maximum absolute atomic E-state index is 14.0. The first-order chi connectivity index (χ1) is 16.8. The van der Waals surface area contributed by atoms with Crippen molar-refractivity contribution in [3.05, 3.63) is 76.9 Å². The van der Waals surface area contributed by atoms with E-state index >= 15 is 0 Å². The summed E-state index contributed by atoms with van der Waals surface area (Å²) in [6, 6.07) is 6.80. The van der Waals surface area contributed by atoms with Crippen molar-refractivity contribution in [1.29, 1.82) is 0 Å². The zero-order valence-corrected chi connectivity index (χ0v) is 19.1. The fourth-order valence-corrected chi connectivity index (χ4v) is 3.79. The Bertz CT molecular complexity index is 1390. The molecule has 0 spiro atoms. The number of carbonyl (C=O) groups excluding carboxylic acids is 1. The minimum Gasteiger partial charge on any atom is -0.485 e. The second kappa shape index (κ2) is 8.73. The molecule has 3 heterocycles. The highest BCUT2D eigenvalue weighted by Gasteiger charge is 2.38. The van der Waals surface area contributed by atoms with Crippen LogP contribution in [0.5, 0.6) is 5.75 Å². The van der Waals surface area contributed by atoms with Crippen molar-refractivity contribution in [2.24, 2.45) is 0 Å². The number of ether oxygens (including phenoxy) is 1. The maximum Gasteiger partial charge on any atom is 0.271 e. The average molecular weight is 483 g/mol. The van der Waals surface area contributed by atoms with Crippen LogP contribution in [0.4, 0.5) is 8.78 Å². The number of aliphatic hydroxyl groups excluding tert-OH is 1. The summed E-state index contributed by atoms with van der Waals surface area (Å²) >= 11 is 0. The molecule has 0 radical (unpaired) electrons. The minimum absolute atomic E-state index is 0.109. The van der Waals surface area contributed by atoms with Gasteiger partial charge in [0, 0.05) is 12.1 Å². The highest BCUT2D eigenvalue weighted by molar-refractivity contribution is 5.95. The lowest BCUT2D eigenvalue weighted by Crippen LogP contribution is -2.47. The normalized spacial score (nSPS) is 15.2. The summed E-state index contributed by atoms with van der Waals surface area (Å²) < 4.78 is 40.9. The molecule has 35 heavy (non-hydrogen) atoms. The molecule has 11 heteroatoms. The van der Waals surface area contributed by atoms with E-state index in [1.165, 1.54) is 10.5 Å². The number of aryl methyl sites for hydroxylation is 1. The van der Waals surface area contributed by atoms with E-state index in [1.54, 1.807) is 32.2 Å². The van der Waals surface area contributed by atoms with Gasteiger partial charge in [0.1, 0.15) is 29.5 Å². The fraction of sp³-hybridized carbons (Fsp3) is 0.333. The molecule has 1 amide bonds. The third kappa shape index (κ3) is 4.23. The number of hydrogen-bond donors (Lipinski definition) is 2. The molecule has 0 bridgehead atoms. The van der Waals surface area contributed by atoms with E-state index in [0.717, 1.165) is 25.0 Å². The first-order valence-corrected chi connectivity index (χ1v) is 11.1. The number of nitrogens with one attached hydrogen (secondary N) is 1. The van der Waals surface area contributed by atoms with Gasteiger partial charge in [-0.25, -0.2) is 13.8 Å². The number of fused-ring (bicyclic) bond motifs is 1. The van der Waals surface area contributed by atoms with Crippen molar-refractivity contribution in [1.82, 2.24) is 24.9 Å². The van der Waals surface area contributed by atoms with Crippen LogP contribution in [0.2, 0.25) is 0 Å². The largest absolute Gasteiger partial charge is 0.485 e. The van der Waals surface area contributed by atoms with Crippen LogP contribution in [-0.4, -0.2) is 37.2 Å². The number of halogens is 2. The number of imidazole rings is 1. The van der Waals surface area contributed by atoms with Crippen LogP contribution in [0, 0.1) is 18.6 Å². The Balaban J connectivity index is 1.42. The van der Waals surface area contributed by atoms with E-state index in [0.29, 0.717) is 17.2 Å². The summed E-state index contributed by atoms with van der Waals surface area (Å²) in [7, 11) is 0. The van der Waals surface area contributed by atoms with Gasteiger partial charge in [0.25, 0.3) is 5.91 Å². The summed E-state index contributed by atoms with van der Waals surface area (Å²) in [4.78, 5) is 17.7. The molecular weight excluding hydrogens is 460 g/mol. The van der Waals surface area contributed by atoms with Gasteiger partial charge in [0.05, 0.1) is 17.9 Å². The number of benzene rings is 1. The monoisotopic (exact) mass is 483 g/mol. The second-order valence-electron chi connectivity index (χ2n) is 8.76. The zero-order chi connectivity index (χ0) is 24.7. The predicted octanol–water partition coefficient (Wildman–Crippen LogP) is 3.40. The van der Waals surface area contributed by atoms with Crippen molar-refractivity contribution in [3.8, 4) is 5.75 Å². The zero-order valence-electron chi connectivity index (χ0n) is 19.1. The first kappa shape index (κ1) is 22.9. The third-order valence-corrected chi connectivity index (χ3v) is 5.98. The molecule has 1 aliphatic rings. The summed E-state index contributed by atoms with van der Waals surface area (Å²) in [5, 5.41) is 20.9. The molecule has 0 aliphatic heterocycles. The standard InChI is InChI=1S/C24H23F2N5O4/c1-13-19(21(33)28-24(2,12-32)23-30-29-22(35-23)14-8-9-14)31-10-4-7-18(20(31)27-13)34-11-15-16(25)5-3-6-17(15)26/h3-7,10,14,32H,8-9,11-12H2,1-2H3,(H,28,33). The molecule has 1 saturated carbocycles. The van der Waals surface area contributed by atoms with E-state index in [-0.39, 0.29) is 35.4 Å². The molecule has 2 N–H and O–H groups in total. The third-order valence-electron chi connectivity index (χ3n) is 5.98. The highest BCUT2D eigenvalue weighted by atomic mass is 19.1. The fourth-order valence-electron chi connectivity index (χ4n) is 3.79. The molecule has 1 aromatic carbocycles. The number of pyridine rings is 1. The SMILES string of the molecule is Cc1nc2c(OCc3c(F)cccc3F)cccn2c1C(=O)NC(C)(CO)c1nnc(C2CC2)o1. The van der Waals surface area contributed by atoms with E-state index < -0.39 is 29.7 Å². The first-order valence-electron chi connectivity index (χ1n) is 11.1. The lowest BCUT2D eigenvalue weighted by Gasteiger charge is -2.24. The van der Waals surface area contributed by atoms with Crippen molar-refractivity contribution in [2.75, 3.05) is 6.61 Å². The summed E-state index contributed by atoms with van der Waals surface area (Å²) in [5.74, 6) is -0.891. The van der Waals surface area contributed by atoms with Crippen LogP contribution >= 0.6 is 0 Å². The Morgan fingerprint density at radius 2 is 2.00 bits per heavy atom. The van der Waals surface area contributed by atoms with Crippen molar-refractivity contribution in [2.45, 2.75) is 44.8 Å². The Morgan fingerprint density at radius 3 is 2.69 bits per heavy atom. The van der Waals surface area contributed by atoms with Gasteiger partial charge in [0.2, 0.25) is 11.8 Å². The maximum atomic E-state index is 14.0. The van der Waals surface area contributed by atoms with Crippen LogP contribution < -0.4 is 10.1 Å². The summed E-state index contributed by atoms with van der Waals surface area (Å²) in [6.45, 7) is 2.42. The number of hydrogen-bond acceptors (Lipinski definition) is 7. The molecule has 1 unspecified atom stereocenters. The van der Waals surface area contributed by atoms with Gasteiger partial charge in [0.15, 0.2) is 11.4 Å². The minimum atomic E-state index is -1.32. The Kier molecular flexibility index (Phi) is 5.72. The molecule has 1 fully saturated rings. The average Bonchev–Trinajstić information content (AvgIpc) is 3.44. The van der Waals surface area contributed by atoms with Gasteiger partial charge >= 0.3 is 0 Å². The van der Waals surface area contributed by atoms with Gasteiger partial charge in [-0.1, -0.05) is 6.07 Å². The molecule has 182 valence electrons. The van der Waals surface area contributed by atoms with E-state index in [2.05, 4.69) is 20.5 Å². The van der Waals surface area contributed by atoms with Gasteiger partial charge in [-0.05, 0) is 51.0 Å². The summed E-state index contributed by atoms with van der Waals surface area (Å²) in [6.07, 6.45) is 3.56. The molecule has 5 rings (SSSR count). The van der Waals surface area contributed by atoms with E-state index in [1.807, 2.05) is 0 Å². The second-order valence-corrected chi connectivity index (χ2v) is 8.76. The highest BCUT2D eigenvalue weighted by Crippen LogP contribution is 2.39. The lowest BCUT2D eigenvalue weighted by molar-refractivity contribution is 0.0803. The Hall–Kier alpha value is -3.86. The molecule has 1 aliphatic carbocycles. The van der Waals surface area contributed by atoms with E-state index in [9.17, 15) is 18.7 Å². The molecule has 0 saturated heterocycles. The number of amides is 1. The molecule has 3 aromatic heterocycles. The van der Waals surface area contributed by atoms with Gasteiger partial charge in [-0.3, -0.25) is 9.20 Å². The predicted molar refractivity (Wildman–Crippen MR) is 119 cm³/mol. The van der Waals surface area contributed by atoms with Crippen LogP contribution in [-0.2, 0) is 12.1 Å². The number of aliphatic hydroxyl groups is 1.